The van der Waals surface area contributed by atoms with Crippen molar-refractivity contribution >= 4 is 12.1 Å². The second-order valence-electron chi connectivity index (χ2n) is 6.79. The van der Waals surface area contributed by atoms with E-state index < -0.39 is 18.1 Å². The molecule has 0 aliphatic heterocycles. The normalized spacial score (nSPS) is 13.2. The van der Waals surface area contributed by atoms with Crippen LogP contribution in [0, 0.1) is 0 Å². The molecule has 4 rings (SSSR count). The Morgan fingerprint density at radius 2 is 1.59 bits per heavy atom. The summed E-state index contributed by atoms with van der Waals surface area (Å²) in [6, 6.07) is 15.3. The highest BCUT2D eigenvalue weighted by atomic mass is 16.5. The highest BCUT2D eigenvalue weighted by molar-refractivity contribution is 5.79. The van der Waals surface area contributed by atoms with E-state index in [0.717, 1.165) is 22.3 Å². The maximum atomic E-state index is 12.4. The number of alkyl carbamates (subject to hydrolysis) is 1. The number of carboxylic acids is 1. The Hall–Kier alpha value is -3.74. The average Bonchev–Trinajstić information content (AvgIpc) is 3.06. The zero-order chi connectivity index (χ0) is 20.2. The van der Waals surface area contributed by atoms with Crippen LogP contribution in [-0.4, -0.2) is 33.7 Å². The second kappa shape index (κ2) is 8.10. The van der Waals surface area contributed by atoms with Crippen molar-refractivity contribution in [1.82, 2.24) is 15.3 Å². The highest BCUT2D eigenvalue weighted by Crippen LogP contribution is 2.44. The van der Waals surface area contributed by atoms with Crippen LogP contribution in [0.2, 0.25) is 0 Å². The Morgan fingerprint density at radius 3 is 2.17 bits per heavy atom. The fraction of sp³-hybridized carbons (Fsp3) is 0.182. The Labute approximate surface area is 167 Å². The molecular weight excluding hydrogens is 370 g/mol. The molecule has 1 aliphatic carbocycles. The fourth-order valence-electron chi connectivity index (χ4n) is 3.70. The number of amides is 1. The van der Waals surface area contributed by atoms with Crippen molar-refractivity contribution in [2.75, 3.05) is 6.61 Å². The standard InChI is InChI=1S/C22H19N3O4/c26-21(27)9-20(14-10-23-13-24-11-14)25-22(28)29-12-19-17-7-3-1-5-15(17)16-6-2-4-8-18(16)19/h1-8,10-11,13,19-20H,9,12H2,(H,25,28)(H,26,27)/t20-/m1/s1. The van der Waals surface area contributed by atoms with Crippen molar-refractivity contribution in [1.29, 1.82) is 0 Å². The van der Waals surface area contributed by atoms with Crippen LogP contribution in [0.4, 0.5) is 4.79 Å². The summed E-state index contributed by atoms with van der Waals surface area (Å²) in [5.74, 6) is -1.11. The molecule has 29 heavy (non-hydrogen) atoms. The van der Waals surface area contributed by atoms with Crippen LogP contribution in [0.25, 0.3) is 11.1 Å². The number of benzene rings is 2. The van der Waals surface area contributed by atoms with Crippen LogP contribution in [0.1, 0.15) is 35.1 Å². The molecule has 0 saturated heterocycles. The number of hydrogen-bond acceptors (Lipinski definition) is 5. The van der Waals surface area contributed by atoms with E-state index in [-0.39, 0.29) is 18.9 Å². The molecule has 2 N–H and O–H groups in total. The van der Waals surface area contributed by atoms with Crippen LogP contribution in [0.15, 0.2) is 67.3 Å². The van der Waals surface area contributed by atoms with Crippen molar-refractivity contribution in [2.45, 2.75) is 18.4 Å². The number of nitrogens with zero attached hydrogens (tertiary/aromatic N) is 2. The van der Waals surface area contributed by atoms with Gasteiger partial charge in [0, 0.05) is 23.9 Å². The summed E-state index contributed by atoms with van der Waals surface area (Å²) in [7, 11) is 0. The lowest BCUT2D eigenvalue weighted by Gasteiger charge is -2.18. The molecule has 1 amide bonds. The van der Waals surface area contributed by atoms with Gasteiger partial charge in [-0.05, 0) is 22.3 Å². The maximum Gasteiger partial charge on any atom is 0.407 e. The van der Waals surface area contributed by atoms with Gasteiger partial charge in [0.05, 0.1) is 12.5 Å². The minimum atomic E-state index is -1.04. The second-order valence-corrected chi connectivity index (χ2v) is 6.79. The largest absolute Gasteiger partial charge is 0.481 e. The van der Waals surface area contributed by atoms with Gasteiger partial charge in [-0.2, -0.15) is 0 Å². The van der Waals surface area contributed by atoms with Crippen LogP contribution in [0.5, 0.6) is 0 Å². The first kappa shape index (κ1) is 18.6. The first-order valence-corrected chi connectivity index (χ1v) is 9.21. The smallest absolute Gasteiger partial charge is 0.407 e. The third-order valence-corrected chi connectivity index (χ3v) is 5.00. The first-order valence-electron chi connectivity index (χ1n) is 9.21. The van der Waals surface area contributed by atoms with E-state index in [9.17, 15) is 9.59 Å². The summed E-state index contributed by atoms with van der Waals surface area (Å²) in [6.45, 7) is 0.158. The summed E-state index contributed by atoms with van der Waals surface area (Å²) in [6.07, 6.45) is 3.32. The highest BCUT2D eigenvalue weighted by Gasteiger charge is 2.29. The predicted octanol–water partition coefficient (Wildman–Crippen LogP) is 3.53. The number of ether oxygens (including phenoxy) is 1. The van der Waals surface area contributed by atoms with Gasteiger partial charge in [0.1, 0.15) is 12.9 Å². The van der Waals surface area contributed by atoms with Crippen molar-refractivity contribution in [3.05, 3.63) is 83.9 Å². The van der Waals surface area contributed by atoms with E-state index in [1.807, 2.05) is 36.4 Å². The number of carbonyl (C=O) groups is 2. The molecule has 0 unspecified atom stereocenters. The van der Waals surface area contributed by atoms with E-state index in [4.69, 9.17) is 9.84 Å². The molecule has 1 aliphatic rings. The topological polar surface area (TPSA) is 101 Å². The Balaban J connectivity index is 1.47. The molecule has 1 aromatic heterocycles. The molecule has 0 radical (unpaired) electrons. The minimum absolute atomic E-state index is 0.0638. The molecule has 0 bridgehead atoms. The van der Waals surface area contributed by atoms with Gasteiger partial charge >= 0.3 is 12.1 Å². The predicted molar refractivity (Wildman–Crippen MR) is 105 cm³/mol. The van der Waals surface area contributed by atoms with Crippen molar-refractivity contribution in [3.8, 4) is 11.1 Å². The van der Waals surface area contributed by atoms with Gasteiger partial charge in [-0.25, -0.2) is 14.8 Å². The lowest BCUT2D eigenvalue weighted by atomic mass is 9.98. The van der Waals surface area contributed by atoms with Crippen LogP contribution in [-0.2, 0) is 9.53 Å². The van der Waals surface area contributed by atoms with Gasteiger partial charge in [0.15, 0.2) is 0 Å². The SMILES string of the molecule is O=C(O)C[C@@H](NC(=O)OCC1c2ccccc2-c2ccccc21)c1cncnc1. The van der Waals surface area contributed by atoms with Gasteiger partial charge in [-0.3, -0.25) is 4.79 Å². The molecule has 7 nitrogen and oxygen atoms in total. The van der Waals surface area contributed by atoms with Gasteiger partial charge in [-0.1, -0.05) is 48.5 Å². The molecule has 1 heterocycles. The van der Waals surface area contributed by atoms with Gasteiger partial charge in [-0.15, -0.1) is 0 Å². The molecular formula is C22H19N3O4. The monoisotopic (exact) mass is 389 g/mol. The minimum Gasteiger partial charge on any atom is -0.481 e. The zero-order valence-corrected chi connectivity index (χ0v) is 15.5. The number of nitrogens with one attached hydrogen (secondary N) is 1. The average molecular weight is 389 g/mol. The molecule has 1 atom stereocenters. The molecule has 0 saturated carbocycles. The number of rotatable bonds is 6. The van der Waals surface area contributed by atoms with Crippen molar-refractivity contribution < 1.29 is 19.4 Å². The third kappa shape index (κ3) is 3.94. The summed E-state index contributed by atoms with van der Waals surface area (Å²) < 4.78 is 5.49. The van der Waals surface area contributed by atoms with Crippen molar-refractivity contribution in [3.63, 3.8) is 0 Å². The Bertz CT molecular complexity index is 993. The summed E-state index contributed by atoms with van der Waals surface area (Å²) in [4.78, 5) is 31.4. The molecule has 146 valence electrons. The third-order valence-electron chi connectivity index (χ3n) is 5.00. The number of hydrogen-bond donors (Lipinski definition) is 2. The van der Waals surface area contributed by atoms with E-state index in [2.05, 4.69) is 27.4 Å². The summed E-state index contributed by atoms with van der Waals surface area (Å²) >= 11 is 0. The Kier molecular flexibility index (Phi) is 5.20. The number of carboxylic acid groups (broad SMARTS) is 1. The summed E-state index contributed by atoms with van der Waals surface area (Å²) in [5, 5.41) is 11.8. The lowest BCUT2D eigenvalue weighted by molar-refractivity contribution is -0.137. The number of aromatic nitrogens is 2. The van der Waals surface area contributed by atoms with Gasteiger partial charge in [0.25, 0.3) is 0 Å². The molecule has 7 heteroatoms. The number of carbonyl (C=O) groups excluding carboxylic acids is 1. The fourth-order valence-corrected chi connectivity index (χ4v) is 3.70. The summed E-state index contributed by atoms with van der Waals surface area (Å²) in [5.41, 5.74) is 5.01. The van der Waals surface area contributed by atoms with Gasteiger partial charge < -0.3 is 15.2 Å². The van der Waals surface area contributed by atoms with Crippen LogP contribution in [0.3, 0.4) is 0 Å². The van der Waals surface area contributed by atoms with E-state index in [0.29, 0.717) is 5.56 Å². The molecule has 0 spiro atoms. The lowest BCUT2D eigenvalue weighted by Crippen LogP contribution is -2.31. The van der Waals surface area contributed by atoms with Gasteiger partial charge in [0.2, 0.25) is 0 Å². The maximum absolute atomic E-state index is 12.4. The number of aliphatic carboxylic acids is 1. The first-order chi connectivity index (χ1) is 14.1. The molecule has 0 fully saturated rings. The van der Waals surface area contributed by atoms with E-state index >= 15 is 0 Å². The van der Waals surface area contributed by atoms with E-state index in [1.165, 1.54) is 18.7 Å². The zero-order valence-electron chi connectivity index (χ0n) is 15.5. The van der Waals surface area contributed by atoms with Crippen LogP contribution < -0.4 is 5.32 Å². The quantitative estimate of drug-likeness (QED) is 0.669. The van der Waals surface area contributed by atoms with Crippen LogP contribution >= 0.6 is 0 Å². The number of fused-ring (bicyclic) bond motifs is 3. The molecule has 3 aromatic rings. The Morgan fingerprint density at radius 1 is 1.00 bits per heavy atom. The molecule has 2 aromatic carbocycles. The van der Waals surface area contributed by atoms with E-state index in [1.54, 1.807) is 0 Å². The van der Waals surface area contributed by atoms with Crippen molar-refractivity contribution in [2.24, 2.45) is 0 Å².